The fourth-order valence-electron chi connectivity index (χ4n) is 3.64. The minimum absolute atomic E-state index is 0.692. The summed E-state index contributed by atoms with van der Waals surface area (Å²) in [5, 5.41) is 11.1. The molecule has 2 N–H and O–H groups in total. The molecular formula is C20H31N7. The molecule has 3 rings (SSSR count). The third-order valence-corrected chi connectivity index (χ3v) is 5.14. The maximum atomic E-state index is 4.37. The van der Waals surface area contributed by atoms with E-state index in [9.17, 15) is 0 Å². The molecule has 1 fully saturated rings. The van der Waals surface area contributed by atoms with Gasteiger partial charge in [-0.15, -0.1) is 0 Å². The van der Waals surface area contributed by atoms with Gasteiger partial charge in [-0.3, -0.25) is 9.89 Å². The average molecular weight is 370 g/mol. The van der Waals surface area contributed by atoms with Gasteiger partial charge in [0.15, 0.2) is 11.8 Å². The summed E-state index contributed by atoms with van der Waals surface area (Å²) >= 11 is 0. The Bertz CT molecular complexity index is 711. The quantitative estimate of drug-likeness (QED) is 0.578. The molecule has 1 unspecified atom stereocenters. The molecule has 0 radical (unpaired) electrons. The summed E-state index contributed by atoms with van der Waals surface area (Å²) in [6.07, 6.45) is 10.7. The van der Waals surface area contributed by atoms with Gasteiger partial charge in [-0.2, -0.15) is 5.10 Å². The zero-order chi connectivity index (χ0) is 18.9. The van der Waals surface area contributed by atoms with Gasteiger partial charge < -0.3 is 10.6 Å². The van der Waals surface area contributed by atoms with Crippen molar-refractivity contribution < 1.29 is 0 Å². The molecule has 7 heteroatoms. The molecule has 0 spiro atoms. The maximum Gasteiger partial charge on any atom is 0.191 e. The van der Waals surface area contributed by atoms with Gasteiger partial charge >= 0.3 is 0 Å². The van der Waals surface area contributed by atoms with Crippen molar-refractivity contribution in [3.8, 4) is 5.82 Å². The van der Waals surface area contributed by atoms with Crippen molar-refractivity contribution in [3.05, 3.63) is 42.4 Å². The highest BCUT2D eigenvalue weighted by Gasteiger charge is 2.19. The number of aromatic nitrogens is 3. The lowest BCUT2D eigenvalue weighted by Crippen LogP contribution is -2.45. The minimum atomic E-state index is 0.692. The topological polar surface area (TPSA) is 70.4 Å². The number of guanidine groups is 1. The lowest BCUT2D eigenvalue weighted by atomic mass is 10.0. The van der Waals surface area contributed by atoms with Crippen molar-refractivity contribution in [2.24, 2.45) is 4.99 Å². The second-order valence-corrected chi connectivity index (χ2v) is 6.92. The van der Waals surface area contributed by atoms with Crippen LogP contribution >= 0.6 is 0 Å². The van der Waals surface area contributed by atoms with E-state index in [-0.39, 0.29) is 0 Å². The number of piperidine rings is 1. The van der Waals surface area contributed by atoms with Gasteiger partial charge in [-0.25, -0.2) is 9.67 Å². The fourth-order valence-corrected chi connectivity index (χ4v) is 3.64. The van der Waals surface area contributed by atoms with E-state index in [0.717, 1.165) is 36.5 Å². The van der Waals surface area contributed by atoms with Crippen LogP contribution in [0, 0.1) is 0 Å². The molecule has 0 aliphatic carbocycles. The fraction of sp³-hybridized carbons (Fsp3) is 0.550. The van der Waals surface area contributed by atoms with Crippen LogP contribution in [-0.4, -0.2) is 58.3 Å². The van der Waals surface area contributed by atoms with Crippen molar-refractivity contribution in [1.29, 1.82) is 0 Å². The first-order valence-electron chi connectivity index (χ1n) is 9.93. The van der Waals surface area contributed by atoms with Crippen molar-refractivity contribution >= 4 is 5.96 Å². The lowest BCUT2D eigenvalue weighted by molar-refractivity contribution is 0.147. The van der Waals surface area contributed by atoms with Gasteiger partial charge in [-0.05, 0) is 49.6 Å². The second kappa shape index (κ2) is 10.1. The molecule has 0 bridgehead atoms. The Morgan fingerprint density at radius 3 is 3.00 bits per heavy atom. The Balaban J connectivity index is 1.46. The van der Waals surface area contributed by atoms with E-state index in [1.165, 1.54) is 32.2 Å². The number of hydrogen-bond donors (Lipinski definition) is 2. The number of nitrogens with one attached hydrogen (secondary N) is 2. The number of pyridine rings is 1. The summed E-state index contributed by atoms with van der Waals surface area (Å²) in [6.45, 7) is 6.18. The molecular weight excluding hydrogens is 338 g/mol. The minimum Gasteiger partial charge on any atom is -0.355 e. The molecule has 0 amide bonds. The third kappa shape index (κ3) is 5.53. The van der Waals surface area contributed by atoms with Gasteiger partial charge in [-0.1, -0.05) is 13.3 Å². The van der Waals surface area contributed by atoms with E-state index in [4.69, 9.17) is 0 Å². The van der Waals surface area contributed by atoms with E-state index in [2.05, 4.69) is 37.5 Å². The summed E-state index contributed by atoms with van der Waals surface area (Å²) < 4.78 is 1.76. The lowest BCUT2D eigenvalue weighted by Gasteiger charge is -2.35. The molecule has 27 heavy (non-hydrogen) atoms. The van der Waals surface area contributed by atoms with Crippen molar-refractivity contribution in [1.82, 2.24) is 30.3 Å². The first-order chi connectivity index (χ1) is 13.3. The Labute approximate surface area is 161 Å². The van der Waals surface area contributed by atoms with Crippen LogP contribution in [0.3, 0.4) is 0 Å². The first kappa shape index (κ1) is 19.4. The SMILES string of the molecule is CCC1CCCCN1CCNC(=NC)NCc1ccnc(-n2cccn2)c1. The molecule has 1 aliphatic rings. The summed E-state index contributed by atoms with van der Waals surface area (Å²) in [6, 6.07) is 6.68. The normalized spacial score (nSPS) is 18.4. The van der Waals surface area contributed by atoms with E-state index >= 15 is 0 Å². The highest BCUT2D eigenvalue weighted by Crippen LogP contribution is 2.18. The largest absolute Gasteiger partial charge is 0.355 e. The van der Waals surface area contributed by atoms with E-state index in [0.29, 0.717) is 6.54 Å². The Morgan fingerprint density at radius 2 is 2.22 bits per heavy atom. The van der Waals surface area contributed by atoms with Crippen LogP contribution in [-0.2, 0) is 6.54 Å². The molecule has 2 aromatic rings. The van der Waals surface area contributed by atoms with Gasteiger partial charge in [0.2, 0.25) is 0 Å². The molecule has 0 aromatic carbocycles. The van der Waals surface area contributed by atoms with Crippen LogP contribution in [0.4, 0.5) is 0 Å². The van der Waals surface area contributed by atoms with E-state index < -0.39 is 0 Å². The Hall–Kier alpha value is -2.41. The average Bonchev–Trinajstić information content (AvgIpc) is 3.26. The highest BCUT2D eigenvalue weighted by molar-refractivity contribution is 5.79. The van der Waals surface area contributed by atoms with Crippen LogP contribution < -0.4 is 10.6 Å². The van der Waals surface area contributed by atoms with Gasteiger partial charge in [0.25, 0.3) is 0 Å². The number of nitrogens with zero attached hydrogens (tertiary/aromatic N) is 5. The molecule has 146 valence electrons. The van der Waals surface area contributed by atoms with Gasteiger partial charge in [0.05, 0.1) is 0 Å². The van der Waals surface area contributed by atoms with Gasteiger partial charge in [0.1, 0.15) is 0 Å². The summed E-state index contributed by atoms with van der Waals surface area (Å²) in [4.78, 5) is 11.3. The molecule has 1 aliphatic heterocycles. The Morgan fingerprint density at radius 1 is 1.30 bits per heavy atom. The summed E-state index contributed by atoms with van der Waals surface area (Å²) in [7, 11) is 1.81. The van der Waals surface area contributed by atoms with Crippen molar-refractivity contribution in [2.75, 3.05) is 26.7 Å². The van der Waals surface area contributed by atoms with Crippen LogP contribution in [0.25, 0.3) is 5.82 Å². The number of likely N-dealkylation sites (tertiary alicyclic amines) is 1. The summed E-state index contributed by atoms with van der Waals surface area (Å²) in [5.41, 5.74) is 1.14. The Kier molecular flexibility index (Phi) is 7.21. The molecule has 1 saturated heterocycles. The van der Waals surface area contributed by atoms with Crippen molar-refractivity contribution in [2.45, 2.75) is 45.2 Å². The molecule has 2 aromatic heterocycles. The molecule has 0 saturated carbocycles. The smallest absolute Gasteiger partial charge is 0.191 e. The number of rotatable bonds is 7. The van der Waals surface area contributed by atoms with E-state index in [1.807, 2.05) is 37.6 Å². The molecule has 7 nitrogen and oxygen atoms in total. The van der Waals surface area contributed by atoms with Crippen LogP contribution in [0.5, 0.6) is 0 Å². The van der Waals surface area contributed by atoms with E-state index in [1.54, 1.807) is 10.9 Å². The summed E-state index contributed by atoms with van der Waals surface area (Å²) in [5.74, 6) is 1.65. The van der Waals surface area contributed by atoms with Crippen molar-refractivity contribution in [3.63, 3.8) is 0 Å². The van der Waals surface area contributed by atoms with Crippen LogP contribution in [0.2, 0.25) is 0 Å². The highest BCUT2D eigenvalue weighted by atomic mass is 15.3. The zero-order valence-electron chi connectivity index (χ0n) is 16.4. The van der Waals surface area contributed by atoms with Crippen LogP contribution in [0.1, 0.15) is 38.2 Å². The standard InChI is InChI=1S/C20H31N7/c1-3-18-7-4-5-12-26(18)14-11-23-20(21-2)24-16-17-8-10-22-19(15-17)27-13-6-9-25-27/h6,8-10,13,15,18H,3-5,7,11-12,14,16H2,1-2H3,(H2,21,23,24). The molecule has 3 heterocycles. The first-order valence-corrected chi connectivity index (χ1v) is 9.93. The number of aliphatic imine (C=N–C) groups is 1. The maximum absolute atomic E-state index is 4.37. The predicted molar refractivity (Wildman–Crippen MR) is 109 cm³/mol. The third-order valence-electron chi connectivity index (χ3n) is 5.14. The second-order valence-electron chi connectivity index (χ2n) is 6.92. The number of hydrogen-bond acceptors (Lipinski definition) is 4. The monoisotopic (exact) mass is 369 g/mol. The zero-order valence-corrected chi connectivity index (χ0v) is 16.4. The van der Waals surface area contributed by atoms with Gasteiger partial charge in [0, 0.05) is 51.3 Å². The molecule has 1 atom stereocenters. The predicted octanol–water partition coefficient (Wildman–Crippen LogP) is 2.20. The van der Waals surface area contributed by atoms with Crippen LogP contribution in [0.15, 0.2) is 41.8 Å².